The largest absolute Gasteiger partial charge is 0.493 e. The predicted octanol–water partition coefficient (Wildman–Crippen LogP) is 1.79. The maximum atomic E-state index is 11.8. The standard InChI is InChI=1S/C17H23NO6/c1-6-18-17(20)11(2)24-15(19)8-7-12-9-13(21-3)16(23-5)14(10-12)22-4/h7-11H,6H2,1-5H3,(H,18,20)/b8-7+/t11-/m1/s1. The highest BCUT2D eigenvalue weighted by molar-refractivity contribution is 5.90. The molecule has 1 N–H and O–H groups in total. The van der Waals surface area contributed by atoms with Crippen molar-refractivity contribution in [2.45, 2.75) is 20.0 Å². The molecule has 1 rings (SSSR count). The van der Waals surface area contributed by atoms with Crippen molar-refractivity contribution in [2.75, 3.05) is 27.9 Å². The molecule has 0 aliphatic carbocycles. The van der Waals surface area contributed by atoms with Crippen molar-refractivity contribution in [3.8, 4) is 17.2 Å². The fourth-order valence-corrected chi connectivity index (χ4v) is 1.95. The van der Waals surface area contributed by atoms with E-state index in [1.165, 1.54) is 40.4 Å². The first-order valence-electron chi connectivity index (χ1n) is 7.43. The van der Waals surface area contributed by atoms with Crippen LogP contribution in [-0.2, 0) is 14.3 Å². The first kappa shape index (κ1) is 19.3. The lowest BCUT2D eigenvalue weighted by molar-refractivity contribution is -0.150. The molecule has 0 aliphatic heterocycles. The number of carbonyl (C=O) groups is 2. The van der Waals surface area contributed by atoms with Gasteiger partial charge in [0.25, 0.3) is 5.91 Å². The van der Waals surface area contributed by atoms with Crippen molar-refractivity contribution in [2.24, 2.45) is 0 Å². The van der Waals surface area contributed by atoms with E-state index in [0.29, 0.717) is 29.4 Å². The third kappa shape index (κ3) is 5.19. The van der Waals surface area contributed by atoms with Crippen LogP contribution in [0.25, 0.3) is 6.08 Å². The van der Waals surface area contributed by atoms with Gasteiger partial charge in [-0.2, -0.15) is 0 Å². The molecule has 0 aromatic heterocycles. The minimum atomic E-state index is -0.859. The van der Waals surface area contributed by atoms with Gasteiger partial charge in [-0.25, -0.2) is 4.79 Å². The normalized spacial score (nSPS) is 11.7. The van der Waals surface area contributed by atoms with E-state index in [2.05, 4.69) is 5.32 Å². The summed E-state index contributed by atoms with van der Waals surface area (Å²) in [5, 5.41) is 2.58. The Balaban J connectivity index is 2.86. The zero-order valence-corrected chi connectivity index (χ0v) is 14.5. The average molecular weight is 337 g/mol. The van der Waals surface area contributed by atoms with Crippen molar-refractivity contribution < 1.29 is 28.5 Å². The minimum absolute atomic E-state index is 0.341. The summed E-state index contributed by atoms with van der Waals surface area (Å²) in [6.45, 7) is 3.77. The second-order valence-electron chi connectivity index (χ2n) is 4.77. The molecule has 1 aromatic rings. The molecule has 1 atom stereocenters. The molecule has 1 amide bonds. The molecule has 0 heterocycles. The van der Waals surface area contributed by atoms with E-state index < -0.39 is 12.1 Å². The number of nitrogens with one attached hydrogen (secondary N) is 1. The molecule has 0 radical (unpaired) electrons. The van der Waals surface area contributed by atoms with Crippen LogP contribution in [0.5, 0.6) is 17.2 Å². The topological polar surface area (TPSA) is 83.1 Å². The highest BCUT2D eigenvalue weighted by Gasteiger charge is 2.16. The van der Waals surface area contributed by atoms with Gasteiger partial charge in [-0.15, -0.1) is 0 Å². The van der Waals surface area contributed by atoms with Gasteiger partial charge < -0.3 is 24.3 Å². The van der Waals surface area contributed by atoms with Gasteiger partial charge in [0.1, 0.15) is 0 Å². The molecule has 0 fully saturated rings. The molecular weight excluding hydrogens is 314 g/mol. The zero-order chi connectivity index (χ0) is 18.1. The number of hydrogen-bond donors (Lipinski definition) is 1. The average Bonchev–Trinajstić information content (AvgIpc) is 2.58. The van der Waals surface area contributed by atoms with Gasteiger partial charge in [-0.05, 0) is 37.6 Å². The number of ether oxygens (including phenoxy) is 4. The van der Waals surface area contributed by atoms with Gasteiger partial charge in [0, 0.05) is 12.6 Å². The summed E-state index contributed by atoms with van der Waals surface area (Å²) in [7, 11) is 4.52. The quantitative estimate of drug-likeness (QED) is 0.575. The molecule has 7 nitrogen and oxygen atoms in total. The van der Waals surface area contributed by atoms with Crippen LogP contribution in [0.3, 0.4) is 0 Å². The fraction of sp³-hybridized carbons (Fsp3) is 0.412. The Morgan fingerprint density at radius 3 is 2.17 bits per heavy atom. The first-order chi connectivity index (χ1) is 11.5. The second kappa shape index (κ2) is 9.44. The van der Waals surface area contributed by atoms with Gasteiger partial charge in [0.2, 0.25) is 5.75 Å². The summed E-state index contributed by atoms with van der Waals surface area (Å²) in [5.41, 5.74) is 0.659. The minimum Gasteiger partial charge on any atom is -0.493 e. The summed E-state index contributed by atoms with van der Waals surface area (Å²) in [6.07, 6.45) is 1.91. The van der Waals surface area contributed by atoms with Gasteiger partial charge >= 0.3 is 5.97 Å². The monoisotopic (exact) mass is 337 g/mol. The molecule has 0 spiro atoms. The summed E-state index contributed by atoms with van der Waals surface area (Å²) < 4.78 is 20.7. The number of methoxy groups -OCH3 is 3. The van der Waals surface area contributed by atoms with Crippen molar-refractivity contribution in [1.29, 1.82) is 0 Å². The van der Waals surface area contributed by atoms with Crippen LogP contribution in [-0.4, -0.2) is 45.9 Å². The zero-order valence-electron chi connectivity index (χ0n) is 14.5. The third-order valence-corrected chi connectivity index (χ3v) is 3.11. The van der Waals surface area contributed by atoms with Crippen molar-refractivity contribution in [3.05, 3.63) is 23.8 Å². The van der Waals surface area contributed by atoms with Crippen LogP contribution >= 0.6 is 0 Å². The molecule has 132 valence electrons. The number of carbonyl (C=O) groups excluding carboxylic acids is 2. The van der Waals surface area contributed by atoms with Crippen molar-refractivity contribution in [1.82, 2.24) is 5.32 Å². The van der Waals surface area contributed by atoms with Crippen LogP contribution < -0.4 is 19.5 Å². The SMILES string of the molecule is CCNC(=O)[C@@H](C)OC(=O)/C=C/c1cc(OC)c(OC)c(OC)c1. The van der Waals surface area contributed by atoms with E-state index in [-0.39, 0.29) is 5.91 Å². The van der Waals surface area contributed by atoms with Gasteiger partial charge in [-0.1, -0.05) is 0 Å². The number of benzene rings is 1. The first-order valence-corrected chi connectivity index (χ1v) is 7.43. The molecule has 0 saturated heterocycles. The molecule has 7 heteroatoms. The Morgan fingerprint density at radius 1 is 1.12 bits per heavy atom. The lowest BCUT2D eigenvalue weighted by Gasteiger charge is -2.13. The molecular formula is C17H23NO6. The molecule has 1 aromatic carbocycles. The van der Waals surface area contributed by atoms with E-state index >= 15 is 0 Å². The van der Waals surface area contributed by atoms with Gasteiger partial charge in [0.15, 0.2) is 17.6 Å². The van der Waals surface area contributed by atoms with E-state index in [9.17, 15) is 9.59 Å². The van der Waals surface area contributed by atoms with E-state index in [1.807, 2.05) is 0 Å². The molecule has 0 aliphatic rings. The summed E-state index contributed by atoms with van der Waals surface area (Å²) in [6, 6.07) is 3.39. The Kier molecular flexibility index (Phi) is 7.61. The highest BCUT2D eigenvalue weighted by atomic mass is 16.5. The molecule has 0 saturated carbocycles. The van der Waals surface area contributed by atoms with E-state index in [4.69, 9.17) is 18.9 Å². The van der Waals surface area contributed by atoms with E-state index in [1.54, 1.807) is 19.1 Å². The Hall–Kier alpha value is -2.70. The summed E-state index contributed by atoms with van der Waals surface area (Å²) in [4.78, 5) is 23.3. The molecule has 0 unspecified atom stereocenters. The predicted molar refractivity (Wildman–Crippen MR) is 89.4 cm³/mol. The maximum absolute atomic E-state index is 11.8. The number of amides is 1. The lowest BCUT2D eigenvalue weighted by atomic mass is 10.1. The second-order valence-corrected chi connectivity index (χ2v) is 4.77. The summed E-state index contributed by atoms with van der Waals surface area (Å²) in [5.74, 6) is 0.445. The number of esters is 1. The van der Waals surface area contributed by atoms with Gasteiger partial charge in [-0.3, -0.25) is 4.79 Å². The highest BCUT2D eigenvalue weighted by Crippen LogP contribution is 2.38. The lowest BCUT2D eigenvalue weighted by Crippen LogP contribution is -2.35. The van der Waals surface area contributed by atoms with Crippen LogP contribution in [0.4, 0.5) is 0 Å². The van der Waals surface area contributed by atoms with Crippen LogP contribution in [0.1, 0.15) is 19.4 Å². The third-order valence-electron chi connectivity index (χ3n) is 3.11. The van der Waals surface area contributed by atoms with Crippen LogP contribution in [0.2, 0.25) is 0 Å². The fourth-order valence-electron chi connectivity index (χ4n) is 1.95. The maximum Gasteiger partial charge on any atom is 0.331 e. The number of likely N-dealkylation sites (N-methyl/N-ethyl adjacent to an activating group) is 1. The molecule has 0 bridgehead atoms. The number of rotatable bonds is 8. The Labute approximate surface area is 141 Å². The van der Waals surface area contributed by atoms with Crippen LogP contribution in [0.15, 0.2) is 18.2 Å². The smallest absolute Gasteiger partial charge is 0.331 e. The van der Waals surface area contributed by atoms with E-state index in [0.717, 1.165) is 0 Å². The van der Waals surface area contributed by atoms with Gasteiger partial charge in [0.05, 0.1) is 21.3 Å². The molecule has 24 heavy (non-hydrogen) atoms. The van der Waals surface area contributed by atoms with Crippen molar-refractivity contribution >= 4 is 18.0 Å². The number of hydrogen-bond acceptors (Lipinski definition) is 6. The van der Waals surface area contributed by atoms with Crippen LogP contribution in [0, 0.1) is 0 Å². The van der Waals surface area contributed by atoms with Crippen molar-refractivity contribution in [3.63, 3.8) is 0 Å². The summed E-state index contributed by atoms with van der Waals surface area (Å²) >= 11 is 0. The Morgan fingerprint density at radius 2 is 1.71 bits per heavy atom. The Bertz CT molecular complexity index is 586.